The molecule has 0 radical (unpaired) electrons. The van der Waals surface area contributed by atoms with Crippen molar-refractivity contribution in [3.05, 3.63) is 101 Å². The van der Waals surface area contributed by atoms with E-state index in [2.05, 4.69) is 37.6 Å². The van der Waals surface area contributed by atoms with Crippen LogP contribution in [0.25, 0.3) is 10.9 Å². The van der Waals surface area contributed by atoms with Crippen molar-refractivity contribution in [2.24, 2.45) is 5.41 Å². The molecule has 0 aliphatic carbocycles. The van der Waals surface area contributed by atoms with Crippen molar-refractivity contribution in [1.82, 2.24) is 4.98 Å². The van der Waals surface area contributed by atoms with Crippen molar-refractivity contribution in [2.75, 3.05) is 7.11 Å². The van der Waals surface area contributed by atoms with Crippen molar-refractivity contribution in [2.45, 2.75) is 26.4 Å². The molecule has 0 unspecified atom stereocenters. The minimum absolute atomic E-state index is 0.183. The second-order valence-electron chi connectivity index (χ2n) is 8.73. The molecule has 0 bridgehead atoms. The number of hydrogen-bond donors (Lipinski definition) is 2. The molecule has 4 rings (SSSR count). The average Bonchev–Trinajstić information content (AvgIpc) is 3.16. The van der Waals surface area contributed by atoms with Crippen LogP contribution in [0.15, 0.2) is 78.9 Å². The summed E-state index contributed by atoms with van der Waals surface area (Å²) in [7, 11) is 1.65. The molecule has 31 heavy (non-hydrogen) atoms. The van der Waals surface area contributed by atoms with Crippen molar-refractivity contribution < 1.29 is 9.84 Å². The Bertz CT molecular complexity index is 1210. The lowest BCUT2D eigenvalue weighted by Crippen LogP contribution is -2.30. The van der Waals surface area contributed by atoms with Gasteiger partial charge in [0.2, 0.25) is 0 Å². The Kier molecular flexibility index (Phi) is 5.35. The first-order valence-electron chi connectivity index (χ1n) is 10.4. The van der Waals surface area contributed by atoms with Gasteiger partial charge in [0.15, 0.2) is 5.60 Å². The molecule has 1 aromatic heterocycles. The number of rotatable bonds is 4. The van der Waals surface area contributed by atoms with E-state index in [9.17, 15) is 5.11 Å². The third-order valence-corrected chi connectivity index (χ3v) is 5.31. The van der Waals surface area contributed by atoms with Gasteiger partial charge >= 0.3 is 0 Å². The Labute approximate surface area is 183 Å². The number of aromatic amines is 1. The molecular weight excluding hydrogens is 382 g/mol. The average molecular weight is 410 g/mol. The maximum Gasteiger partial charge on any atom is 0.156 e. The smallest absolute Gasteiger partial charge is 0.156 e. The number of fused-ring (bicyclic) bond motifs is 1. The summed E-state index contributed by atoms with van der Waals surface area (Å²) in [5, 5.41) is 13.3. The van der Waals surface area contributed by atoms with Crippen LogP contribution in [-0.2, 0) is 5.60 Å². The zero-order valence-corrected chi connectivity index (χ0v) is 18.4. The number of benzene rings is 3. The first-order chi connectivity index (χ1) is 14.8. The Morgan fingerprint density at radius 3 is 1.94 bits per heavy atom. The lowest BCUT2D eigenvalue weighted by atomic mass is 9.81. The quantitative estimate of drug-likeness (QED) is 0.415. The van der Waals surface area contributed by atoms with E-state index in [1.54, 1.807) is 7.11 Å². The van der Waals surface area contributed by atoms with Crippen LogP contribution in [0.2, 0.25) is 0 Å². The number of nitrogens with one attached hydrogen (secondary N) is 1. The molecule has 0 saturated heterocycles. The van der Waals surface area contributed by atoms with Crippen molar-refractivity contribution in [3.8, 4) is 17.6 Å². The standard InChI is InChI=1S/C28H27NO2/c1-27(2,3)18-17-23-24-19-22(31-4)15-16-25(24)29-26(23)28(30,20-11-7-5-8-12-20)21-13-9-6-10-14-21/h5-16,19,29-30H,1-4H3. The third-order valence-electron chi connectivity index (χ3n) is 5.31. The molecule has 156 valence electrons. The topological polar surface area (TPSA) is 45.2 Å². The van der Waals surface area contributed by atoms with Crippen molar-refractivity contribution in [3.63, 3.8) is 0 Å². The van der Waals surface area contributed by atoms with Gasteiger partial charge in [0.05, 0.1) is 18.4 Å². The van der Waals surface area contributed by atoms with E-state index in [1.807, 2.05) is 78.9 Å². The predicted molar refractivity (Wildman–Crippen MR) is 126 cm³/mol. The van der Waals surface area contributed by atoms with Crippen molar-refractivity contribution >= 4 is 10.9 Å². The molecule has 2 N–H and O–H groups in total. The largest absolute Gasteiger partial charge is 0.497 e. The predicted octanol–water partition coefficient (Wildman–Crippen LogP) is 5.86. The molecule has 0 aliphatic rings. The second-order valence-corrected chi connectivity index (χ2v) is 8.73. The summed E-state index contributed by atoms with van der Waals surface area (Å²) >= 11 is 0. The maximum absolute atomic E-state index is 12.3. The minimum Gasteiger partial charge on any atom is -0.497 e. The fourth-order valence-corrected chi connectivity index (χ4v) is 3.76. The van der Waals surface area contributed by atoms with E-state index in [-0.39, 0.29) is 5.41 Å². The van der Waals surface area contributed by atoms with Gasteiger partial charge in [-0.2, -0.15) is 0 Å². The SMILES string of the molecule is COc1ccc2[nH]c(C(O)(c3ccccc3)c3ccccc3)c(C#CC(C)(C)C)c2c1. The highest BCUT2D eigenvalue weighted by Crippen LogP contribution is 2.40. The van der Waals surface area contributed by atoms with E-state index in [0.29, 0.717) is 5.69 Å². The molecule has 4 aromatic rings. The monoisotopic (exact) mass is 409 g/mol. The van der Waals surface area contributed by atoms with Crippen LogP contribution < -0.4 is 4.74 Å². The van der Waals surface area contributed by atoms with E-state index in [0.717, 1.165) is 33.3 Å². The number of methoxy groups -OCH3 is 1. The van der Waals surface area contributed by atoms with Gasteiger partial charge in [0.25, 0.3) is 0 Å². The van der Waals surface area contributed by atoms with Crippen LogP contribution in [0, 0.1) is 17.3 Å². The Morgan fingerprint density at radius 2 is 1.42 bits per heavy atom. The molecular formula is C28H27NO2. The zero-order chi connectivity index (χ0) is 22.1. The number of hydrogen-bond acceptors (Lipinski definition) is 2. The first-order valence-corrected chi connectivity index (χ1v) is 10.4. The van der Waals surface area contributed by atoms with Crippen LogP contribution in [0.1, 0.15) is 43.2 Å². The van der Waals surface area contributed by atoms with E-state index < -0.39 is 5.60 Å². The summed E-state index contributed by atoms with van der Waals surface area (Å²) in [5.74, 6) is 7.47. The van der Waals surface area contributed by atoms with Crippen LogP contribution in [0.4, 0.5) is 0 Å². The Balaban J connectivity index is 2.09. The van der Waals surface area contributed by atoms with Gasteiger partial charge in [-0.3, -0.25) is 0 Å². The summed E-state index contributed by atoms with van der Waals surface area (Å²) in [4.78, 5) is 3.48. The van der Waals surface area contributed by atoms with Crippen LogP contribution in [0.3, 0.4) is 0 Å². The fraction of sp³-hybridized carbons (Fsp3) is 0.214. The fourth-order valence-electron chi connectivity index (χ4n) is 3.76. The molecule has 0 amide bonds. The van der Waals surface area contributed by atoms with Gasteiger partial charge in [0.1, 0.15) is 5.75 Å². The maximum atomic E-state index is 12.3. The Hall–Kier alpha value is -3.48. The third kappa shape index (κ3) is 3.95. The summed E-state index contributed by atoms with van der Waals surface area (Å²) in [6.07, 6.45) is 0. The minimum atomic E-state index is -1.39. The Morgan fingerprint density at radius 1 is 0.839 bits per heavy atom. The van der Waals surface area contributed by atoms with E-state index >= 15 is 0 Å². The van der Waals surface area contributed by atoms with Crippen LogP contribution in [-0.4, -0.2) is 17.2 Å². The molecule has 3 nitrogen and oxygen atoms in total. The molecule has 1 heterocycles. The van der Waals surface area contributed by atoms with Gasteiger partial charge in [-0.1, -0.05) is 72.5 Å². The summed E-state index contributed by atoms with van der Waals surface area (Å²) in [5.41, 5.74) is 2.31. The molecule has 0 fully saturated rings. The van der Waals surface area contributed by atoms with E-state index in [4.69, 9.17) is 4.74 Å². The molecule has 0 saturated carbocycles. The highest BCUT2D eigenvalue weighted by atomic mass is 16.5. The molecule has 0 atom stereocenters. The summed E-state index contributed by atoms with van der Waals surface area (Å²) in [6, 6.07) is 25.3. The lowest BCUT2D eigenvalue weighted by Gasteiger charge is -2.29. The first kappa shape index (κ1) is 20.8. The number of ether oxygens (including phenoxy) is 1. The highest BCUT2D eigenvalue weighted by Gasteiger charge is 2.38. The number of aromatic nitrogens is 1. The molecule has 0 aliphatic heterocycles. The molecule has 3 aromatic carbocycles. The number of H-pyrrole nitrogens is 1. The summed E-state index contributed by atoms with van der Waals surface area (Å²) in [6.45, 7) is 6.24. The lowest BCUT2D eigenvalue weighted by molar-refractivity contribution is 0.121. The van der Waals surface area contributed by atoms with Crippen molar-refractivity contribution in [1.29, 1.82) is 0 Å². The highest BCUT2D eigenvalue weighted by molar-refractivity contribution is 5.90. The molecule has 0 spiro atoms. The second kappa shape index (κ2) is 7.98. The molecule has 3 heteroatoms. The van der Waals surface area contributed by atoms with Gasteiger partial charge < -0.3 is 14.8 Å². The zero-order valence-electron chi connectivity index (χ0n) is 18.4. The van der Waals surface area contributed by atoms with Crippen LogP contribution in [0.5, 0.6) is 5.75 Å². The summed E-state index contributed by atoms with van der Waals surface area (Å²) < 4.78 is 5.46. The normalized spacial score (nSPS) is 11.8. The number of aliphatic hydroxyl groups is 1. The van der Waals surface area contributed by atoms with E-state index in [1.165, 1.54) is 0 Å². The van der Waals surface area contributed by atoms with Gasteiger partial charge in [0, 0.05) is 16.3 Å². The van der Waals surface area contributed by atoms with Crippen LogP contribution >= 0.6 is 0 Å². The van der Waals surface area contributed by atoms with Gasteiger partial charge in [-0.15, -0.1) is 0 Å². The van der Waals surface area contributed by atoms with Gasteiger partial charge in [-0.25, -0.2) is 0 Å². The van der Waals surface area contributed by atoms with Gasteiger partial charge in [-0.05, 0) is 50.1 Å².